The van der Waals surface area contributed by atoms with Gasteiger partial charge < -0.3 is 15.0 Å². The van der Waals surface area contributed by atoms with Gasteiger partial charge in [-0.2, -0.15) is 0 Å². The molecule has 28 heavy (non-hydrogen) atoms. The van der Waals surface area contributed by atoms with Crippen LogP contribution in [-0.4, -0.2) is 52.0 Å². The molecule has 0 aliphatic carbocycles. The van der Waals surface area contributed by atoms with Gasteiger partial charge in [-0.15, -0.1) is 12.4 Å². The van der Waals surface area contributed by atoms with Crippen molar-refractivity contribution in [1.82, 2.24) is 10.2 Å². The highest BCUT2D eigenvalue weighted by molar-refractivity contribution is 7.92. The molecule has 0 radical (unpaired) electrons. The first-order chi connectivity index (χ1) is 12.9. The van der Waals surface area contributed by atoms with Gasteiger partial charge in [0.05, 0.1) is 12.0 Å². The second kappa shape index (κ2) is 9.27. The van der Waals surface area contributed by atoms with Crippen molar-refractivity contribution in [3.8, 4) is 5.75 Å². The molecule has 0 unspecified atom stereocenters. The number of anilines is 1. The van der Waals surface area contributed by atoms with E-state index in [1.165, 1.54) is 12.1 Å². The zero-order valence-electron chi connectivity index (χ0n) is 15.7. The number of rotatable bonds is 5. The Morgan fingerprint density at radius 3 is 2.36 bits per heavy atom. The van der Waals surface area contributed by atoms with Crippen molar-refractivity contribution in [3.63, 3.8) is 0 Å². The van der Waals surface area contributed by atoms with Crippen LogP contribution >= 0.6 is 12.4 Å². The highest BCUT2D eigenvalue weighted by atomic mass is 35.5. The van der Waals surface area contributed by atoms with Gasteiger partial charge in [-0.25, -0.2) is 8.42 Å². The summed E-state index contributed by atoms with van der Waals surface area (Å²) < 4.78 is 32.7. The molecule has 1 amide bonds. The third kappa shape index (κ3) is 4.95. The summed E-state index contributed by atoms with van der Waals surface area (Å²) in [7, 11) is -2.19. The van der Waals surface area contributed by atoms with Gasteiger partial charge in [-0.3, -0.25) is 9.52 Å². The number of ether oxygens (including phenoxy) is 1. The van der Waals surface area contributed by atoms with E-state index in [9.17, 15) is 13.2 Å². The standard InChI is InChI=1S/C19H23N3O4S.ClH/c1-14-13-20-11-12-22(14)19(23)15-3-9-18(10-4-15)27(24,25)21-16-5-7-17(26-2)8-6-16;/h3-10,14,20-21H,11-13H2,1-2H3;1H/t14-;/m1./s1. The van der Waals surface area contributed by atoms with Crippen molar-refractivity contribution in [3.05, 3.63) is 54.1 Å². The van der Waals surface area contributed by atoms with Crippen LogP contribution in [0.25, 0.3) is 0 Å². The topological polar surface area (TPSA) is 87.7 Å². The summed E-state index contributed by atoms with van der Waals surface area (Å²) in [6, 6.07) is 12.7. The molecule has 1 saturated heterocycles. The van der Waals surface area contributed by atoms with E-state index >= 15 is 0 Å². The number of nitrogens with zero attached hydrogens (tertiary/aromatic N) is 1. The molecule has 9 heteroatoms. The number of halogens is 1. The number of hydrogen-bond acceptors (Lipinski definition) is 5. The van der Waals surface area contributed by atoms with Crippen molar-refractivity contribution in [1.29, 1.82) is 0 Å². The van der Waals surface area contributed by atoms with Crippen LogP contribution in [0, 0.1) is 0 Å². The van der Waals surface area contributed by atoms with Gasteiger partial charge in [0.2, 0.25) is 0 Å². The summed E-state index contributed by atoms with van der Waals surface area (Å²) in [5.41, 5.74) is 0.915. The maximum atomic E-state index is 12.6. The van der Waals surface area contributed by atoms with Crippen LogP contribution < -0.4 is 14.8 Å². The minimum Gasteiger partial charge on any atom is -0.497 e. The van der Waals surface area contributed by atoms with Gasteiger partial charge in [-0.1, -0.05) is 0 Å². The lowest BCUT2D eigenvalue weighted by Gasteiger charge is -2.34. The lowest BCUT2D eigenvalue weighted by Crippen LogP contribution is -2.52. The maximum absolute atomic E-state index is 12.6. The fraction of sp³-hybridized carbons (Fsp3) is 0.316. The Kier molecular flexibility index (Phi) is 7.29. The Morgan fingerprint density at radius 1 is 1.14 bits per heavy atom. The number of carbonyl (C=O) groups is 1. The largest absolute Gasteiger partial charge is 0.497 e. The van der Waals surface area contributed by atoms with E-state index < -0.39 is 10.0 Å². The lowest BCUT2D eigenvalue weighted by molar-refractivity contribution is 0.0655. The number of benzene rings is 2. The number of piperazine rings is 1. The molecular formula is C19H24ClN3O4S. The first-order valence-electron chi connectivity index (χ1n) is 8.69. The summed E-state index contributed by atoms with van der Waals surface area (Å²) in [6.07, 6.45) is 0. The quantitative estimate of drug-likeness (QED) is 0.767. The zero-order chi connectivity index (χ0) is 19.4. The highest BCUT2D eigenvalue weighted by Crippen LogP contribution is 2.20. The number of carbonyl (C=O) groups excluding carboxylic acids is 1. The molecular weight excluding hydrogens is 402 g/mol. The summed E-state index contributed by atoms with van der Waals surface area (Å²) in [6.45, 7) is 4.14. The second-order valence-electron chi connectivity index (χ2n) is 6.41. The molecule has 1 fully saturated rings. The molecule has 2 aromatic rings. The Labute approximate surface area is 171 Å². The molecule has 0 bridgehead atoms. The third-order valence-corrected chi connectivity index (χ3v) is 5.91. The molecule has 7 nitrogen and oxygen atoms in total. The average Bonchev–Trinajstić information content (AvgIpc) is 2.68. The van der Waals surface area contributed by atoms with Crippen molar-refractivity contribution >= 4 is 34.0 Å². The summed E-state index contributed by atoms with van der Waals surface area (Å²) >= 11 is 0. The smallest absolute Gasteiger partial charge is 0.261 e. The van der Waals surface area contributed by atoms with Crippen LogP contribution in [0.15, 0.2) is 53.4 Å². The predicted octanol–water partition coefficient (Wildman–Crippen LogP) is 2.35. The van der Waals surface area contributed by atoms with E-state index in [4.69, 9.17) is 4.74 Å². The predicted molar refractivity (Wildman–Crippen MR) is 111 cm³/mol. The van der Waals surface area contributed by atoms with Gasteiger partial charge in [0, 0.05) is 36.9 Å². The molecule has 1 aliphatic rings. The number of amides is 1. The fourth-order valence-corrected chi connectivity index (χ4v) is 4.02. The molecule has 2 N–H and O–H groups in total. The van der Waals surface area contributed by atoms with Crippen LogP contribution in [0.1, 0.15) is 17.3 Å². The van der Waals surface area contributed by atoms with E-state index in [0.29, 0.717) is 23.5 Å². The second-order valence-corrected chi connectivity index (χ2v) is 8.09. The molecule has 2 aromatic carbocycles. The van der Waals surface area contributed by atoms with E-state index in [1.54, 1.807) is 48.4 Å². The molecule has 0 aromatic heterocycles. The Morgan fingerprint density at radius 2 is 1.79 bits per heavy atom. The molecule has 0 spiro atoms. The number of hydrogen-bond donors (Lipinski definition) is 2. The monoisotopic (exact) mass is 425 g/mol. The van der Waals surface area contributed by atoms with Crippen LogP contribution in [0.5, 0.6) is 5.75 Å². The van der Waals surface area contributed by atoms with E-state index in [1.807, 2.05) is 6.92 Å². The van der Waals surface area contributed by atoms with Crippen molar-refractivity contribution in [2.24, 2.45) is 0 Å². The van der Waals surface area contributed by atoms with Crippen LogP contribution in [0.2, 0.25) is 0 Å². The van der Waals surface area contributed by atoms with Gasteiger partial charge >= 0.3 is 0 Å². The van der Waals surface area contributed by atoms with Crippen molar-refractivity contribution in [2.75, 3.05) is 31.5 Å². The number of sulfonamides is 1. The lowest BCUT2D eigenvalue weighted by atomic mass is 10.1. The Hall–Kier alpha value is -2.29. The summed E-state index contributed by atoms with van der Waals surface area (Å²) in [4.78, 5) is 14.5. The molecule has 1 heterocycles. The first-order valence-corrected chi connectivity index (χ1v) is 10.2. The van der Waals surface area contributed by atoms with Crippen LogP contribution in [0.3, 0.4) is 0 Å². The van der Waals surface area contributed by atoms with Crippen molar-refractivity contribution < 1.29 is 17.9 Å². The average molecular weight is 426 g/mol. The van der Waals surface area contributed by atoms with Crippen molar-refractivity contribution in [2.45, 2.75) is 17.9 Å². The zero-order valence-corrected chi connectivity index (χ0v) is 17.3. The van der Waals surface area contributed by atoms with Gasteiger partial charge in [0.25, 0.3) is 15.9 Å². The van der Waals surface area contributed by atoms with Crippen LogP contribution in [0.4, 0.5) is 5.69 Å². The van der Waals surface area contributed by atoms with Gasteiger partial charge in [0.15, 0.2) is 0 Å². The number of methoxy groups -OCH3 is 1. The number of nitrogens with one attached hydrogen (secondary N) is 2. The normalized spacial score (nSPS) is 16.8. The first kappa shape index (κ1) is 22.0. The van der Waals surface area contributed by atoms with E-state index in [2.05, 4.69) is 10.0 Å². The fourth-order valence-electron chi connectivity index (χ4n) is 2.96. The third-order valence-electron chi connectivity index (χ3n) is 4.52. The van der Waals surface area contributed by atoms with E-state index in [0.717, 1.165) is 13.1 Å². The summed E-state index contributed by atoms with van der Waals surface area (Å²) in [5.74, 6) is 0.555. The molecule has 0 saturated carbocycles. The molecule has 1 aliphatic heterocycles. The van der Waals surface area contributed by atoms with Gasteiger partial charge in [-0.05, 0) is 55.5 Å². The Bertz CT molecular complexity index is 902. The molecule has 152 valence electrons. The van der Waals surface area contributed by atoms with E-state index in [-0.39, 0.29) is 29.3 Å². The molecule has 3 rings (SSSR count). The SMILES string of the molecule is COc1ccc(NS(=O)(=O)c2ccc(C(=O)N3CCNC[C@H]3C)cc2)cc1.Cl. The molecule has 1 atom stereocenters. The minimum atomic E-state index is -3.74. The highest BCUT2D eigenvalue weighted by Gasteiger charge is 2.24. The van der Waals surface area contributed by atoms with Gasteiger partial charge in [0.1, 0.15) is 5.75 Å². The Balaban J connectivity index is 0.00000280. The summed E-state index contributed by atoms with van der Waals surface area (Å²) in [5, 5.41) is 3.24. The maximum Gasteiger partial charge on any atom is 0.261 e. The minimum absolute atomic E-state index is 0. The van der Waals surface area contributed by atoms with Crippen LogP contribution in [-0.2, 0) is 10.0 Å².